The average molecular weight is 316 g/mol. The van der Waals surface area contributed by atoms with Crippen LogP contribution in [-0.2, 0) is 12.3 Å². The van der Waals surface area contributed by atoms with Gasteiger partial charge in [-0.15, -0.1) is 5.10 Å². The predicted molar refractivity (Wildman–Crippen MR) is 87.0 cm³/mol. The molecule has 0 bridgehead atoms. The summed E-state index contributed by atoms with van der Waals surface area (Å²) < 4.78 is 3.72. The maximum Gasteiger partial charge on any atom is 0.253 e. The largest absolute Gasteiger partial charge is 0.262 e. The number of aryl methyl sites for hydroxylation is 2. The lowest BCUT2D eigenvalue weighted by molar-refractivity contribution is 0.742. The van der Waals surface area contributed by atoms with E-state index < -0.39 is 0 Å². The van der Waals surface area contributed by atoms with Gasteiger partial charge in [-0.05, 0) is 38.3 Å². The highest BCUT2D eigenvalue weighted by molar-refractivity contribution is 7.98. The van der Waals surface area contributed by atoms with E-state index in [1.165, 1.54) is 18.4 Å². The van der Waals surface area contributed by atoms with E-state index in [0.717, 1.165) is 23.0 Å². The number of aromatic nitrogens is 6. The fourth-order valence-electron chi connectivity index (χ4n) is 2.47. The van der Waals surface area contributed by atoms with Crippen LogP contribution in [0.2, 0.25) is 0 Å². The lowest BCUT2D eigenvalue weighted by Gasteiger charge is -2.09. The van der Waals surface area contributed by atoms with Gasteiger partial charge in [0.25, 0.3) is 5.78 Å². The summed E-state index contributed by atoms with van der Waals surface area (Å²) in [5.41, 5.74) is 3.51. The van der Waals surface area contributed by atoms with Crippen molar-refractivity contribution in [1.82, 2.24) is 29.4 Å². The first-order valence-corrected chi connectivity index (χ1v) is 8.50. The van der Waals surface area contributed by atoms with Crippen molar-refractivity contribution in [2.75, 3.05) is 0 Å². The Kier molecular flexibility index (Phi) is 4.42. The molecule has 0 aliphatic heterocycles. The number of unbranched alkanes of at least 4 members (excludes halogenated alkanes) is 1. The Hall–Kier alpha value is -1.89. The van der Waals surface area contributed by atoms with Crippen molar-refractivity contribution < 1.29 is 0 Å². The molecule has 0 aliphatic carbocycles. The van der Waals surface area contributed by atoms with Gasteiger partial charge in [0, 0.05) is 23.8 Å². The SMILES string of the molecule is CCCCc1c(C)nc2nc(SCn3cccn3)nn2c1C. The van der Waals surface area contributed by atoms with Crippen molar-refractivity contribution in [2.45, 2.75) is 51.1 Å². The Morgan fingerprint density at radius 1 is 1.23 bits per heavy atom. The maximum absolute atomic E-state index is 4.61. The molecule has 0 radical (unpaired) electrons. The van der Waals surface area contributed by atoms with Crippen LogP contribution in [0.4, 0.5) is 0 Å². The minimum absolute atomic E-state index is 0.679. The molecule has 3 aromatic heterocycles. The quantitative estimate of drug-likeness (QED) is 0.654. The zero-order valence-corrected chi connectivity index (χ0v) is 14.0. The van der Waals surface area contributed by atoms with Gasteiger partial charge in [0.1, 0.15) is 0 Å². The van der Waals surface area contributed by atoms with Crippen molar-refractivity contribution in [2.24, 2.45) is 0 Å². The van der Waals surface area contributed by atoms with Crippen LogP contribution in [0, 0.1) is 13.8 Å². The third-order valence-corrected chi connectivity index (χ3v) is 4.52. The van der Waals surface area contributed by atoms with Crippen LogP contribution in [-0.4, -0.2) is 29.4 Å². The normalized spacial score (nSPS) is 11.4. The minimum atomic E-state index is 0.679. The molecule has 3 rings (SSSR count). The van der Waals surface area contributed by atoms with Crippen LogP contribution in [0.3, 0.4) is 0 Å². The molecular formula is C15H20N6S. The number of hydrogen-bond acceptors (Lipinski definition) is 5. The highest BCUT2D eigenvalue weighted by Gasteiger charge is 2.13. The van der Waals surface area contributed by atoms with E-state index >= 15 is 0 Å². The Morgan fingerprint density at radius 3 is 2.82 bits per heavy atom. The van der Waals surface area contributed by atoms with Gasteiger partial charge in [0.2, 0.25) is 5.16 Å². The molecule has 0 saturated heterocycles. The Morgan fingerprint density at radius 2 is 2.09 bits per heavy atom. The molecule has 0 atom stereocenters. The molecule has 7 heteroatoms. The highest BCUT2D eigenvalue weighted by atomic mass is 32.2. The Labute approximate surface area is 134 Å². The second-order valence-corrected chi connectivity index (χ2v) is 6.20. The molecule has 0 aromatic carbocycles. The summed E-state index contributed by atoms with van der Waals surface area (Å²) in [6, 6.07) is 1.91. The molecule has 3 aromatic rings. The second kappa shape index (κ2) is 6.48. The molecule has 0 spiro atoms. The molecule has 0 aliphatic rings. The van der Waals surface area contributed by atoms with Crippen LogP contribution >= 0.6 is 11.8 Å². The van der Waals surface area contributed by atoms with Gasteiger partial charge in [-0.2, -0.15) is 10.1 Å². The van der Waals surface area contributed by atoms with E-state index in [1.54, 1.807) is 18.0 Å². The first-order chi connectivity index (χ1) is 10.7. The van der Waals surface area contributed by atoms with Crippen molar-refractivity contribution in [3.8, 4) is 0 Å². The summed E-state index contributed by atoms with van der Waals surface area (Å²) in [5.74, 6) is 1.38. The molecule has 116 valence electrons. The third-order valence-electron chi connectivity index (χ3n) is 3.69. The van der Waals surface area contributed by atoms with Crippen LogP contribution in [0.1, 0.15) is 36.7 Å². The van der Waals surface area contributed by atoms with Gasteiger partial charge >= 0.3 is 0 Å². The van der Waals surface area contributed by atoms with Crippen LogP contribution in [0.5, 0.6) is 0 Å². The monoisotopic (exact) mass is 316 g/mol. The Bertz CT molecular complexity index is 762. The van der Waals surface area contributed by atoms with E-state index in [4.69, 9.17) is 0 Å². The van der Waals surface area contributed by atoms with Crippen LogP contribution in [0.15, 0.2) is 23.6 Å². The lowest BCUT2D eigenvalue weighted by atomic mass is 10.1. The van der Waals surface area contributed by atoms with E-state index in [-0.39, 0.29) is 0 Å². The third kappa shape index (κ3) is 2.99. The van der Waals surface area contributed by atoms with E-state index in [9.17, 15) is 0 Å². The summed E-state index contributed by atoms with van der Waals surface area (Å²) in [7, 11) is 0. The summed E-state index contributed by atoms with van der Waals surface area (Å²) in [6.07, 6.45) is 7.10. The molecule has 6 nitrogen and oxygen atoms in total. The van der Waals surface area contributed by atoms with Gasteiger partial charge in [-0.3, -0.25) is 4.68 Å². The average Bonchev–Trinajstić information content (AvgIpc) is 3.14. The fraction of sp³-hybridized carbons (Fsp3) is 0.467. The van der Waals surface area contributed by atoms with E-state index in [1.807, 2.05) is 21.5 Å². The molecule has 0 amide bonds. The van der Waals surface area contributed by atoms with Crippen molar-refractivity contribution in [1.29, 1.82) is 0 Å². The zero-order chi connectivity index (χ0) is 15.5. The van der Waals surface area contributed by atoms with Gasteiger partial charge in [0.15, 0.2) is 0 Å². The van der Waals surface area contributed by atoms with Crippen molar-refractivity contribution in [3.05, 3.63) is 35.4 Å². The highest BCUT2D eigenvalue weighted by Crippen LogP contribution is 2.20. The number of nitrogens with zero attached hydrogens (tertiary/aromatic N) is 6. The summed E-state index contributed by atoms with van der Waals surface area (Å²) in [4.78, 5) is 9.13. The number of thioether (sulfide) groups is 1. The minimum Gasteiger partial charge on any atom is -0.262 e. The standard InChI is InChI=1S/C15H20N6S/c1-4-5-7-13-11(2)17-14-18-15(19-21(14)12(13)3)22-10-20-9-6-8-16-20/h6,8-9H,4-5,7,10H2,1-3H3. The first kappa shape index (κ1) is 15.0. The lowest BCUT2D eigenvalue weighted by Crippen LogP contribution is -2.05. The molecule has 0 fully saturated rings. The molecular weight excluding hydrogens is 296 g/mol. The Balaban J connectivity index is 1.87. The van der Waals surface area contributed by atoms with E-state index in [2.05, 4.69) is 40.9 Å². The van der Waals surface area contributed by atoms with Gasteiger partial charge < -0.3 is 0 Å². The number of rotatable bonds is 6. The first-order valence-electron chi connectivity index (χ1n) is 7.52. The second-order valence-electron chi connectivity index (χ2n) is 5.29. The zero-order valence-electron chi connectivity index (χ0n) is 13.2. The molecule has 0 unspecified atom stereocenters. The summed E-state index contributed by atoms with van der Waals surface area (Å²) in [5, 5.41) is 9.50. The van der Waals surface area contributed by atoms with Crippen molar-refractivity contribution in [3.63, 3.8) is 0 Å². The fourth-order valence-corrected chi connectivity index (χ4v) is 3.15. The van der Waals surface area contributed by atoms with Gasteiger partial charge in [-0.25, -0.2) is 9.50 Å². The topological polar surface area (TPSA) is 60.9 Å². The number of hydrogen-bond donors (Lipinski definition) is 0. The molecule has 0 N–H and O–H groups in total. The summed E-state index contributed by atoms with van der Waals surface area (Å²) in [6.45, 7) is 6.36. The van der Waals surface area contributed by atoms with E-state index in [0.29, 0.717) is 11.7 Å². The van der Waals surface area contributed by atoms with Gasteiger partial charge in [0.05, 0.1) is 5.88 Å². The molecule has 0 saturated carbocycles. The molecule has 3 heterocycles. The predicted octanol–water partition coefficient (Wildman–Crippen LogP) is 3.03. The van der Waals surface area contributed by atoms with Gasteiger partial charge in [-0.1, -0.05) is 25.1 Å². The number of fused-ring (bicyclic) bond motifs is 1. The maximum atomic E-state index is 4.61. The smallest absolute Gasteiger partial charge is 0.253 e. The van der Waals surface area contributed by atoms with Crippen LogP contribution in [0.25, 0.3) is 5.78 Å². The van der Waals surface area contributed by atoms with Crippen molar-refractivity contribution >= 4 is 17.5 Å². The summed E-state index contributed by atoms with van der Waals surface area (Å²) >= 11 is 1.56. The van der Waals surface area contributed by atoms with Crippen LogP contribution < -0.4 is 0 Å². The molecule has 22 heavy (non-hydrogen) atoms.